The molecular formula is C14H21N. The van der Waals surface area contributed by atoms with E-state index in [0.717, 1.165) is 23.4 Å². The maximum Gasteiger partial charge on any atom is 0.0316 e. The molecule has 0 saturated heterocycles. The van der Waals surface area contributed by atoms with Crippen molar-refractivity contribution in [1.82, 2.24) is 0 Å². The first-order valence-electron chi connectivity index (χ1n) is 6.02. The van der Waals surface area contributed by atoms with E-state index in [1.807, 2.05) is 6.07 Å². The van der Waals surface area contributed by atoms with Crippen molar-refractivity contribution in [3.8, 4) is 0 Å². The van der Waals surface area contributed by atoms with Crippen LogP contribution in [0.1, 0.15) is 44.6 Å². The zero-order chi connectivity index (χ0) is 10.8. The maximum absolute atomic E-state index is 5.85. The minimum absolute atomic E-state index is 0.720. The summed E-state index contributed by atoms with van der Waals surface area (Å²) in [4.78, 5) is 0. The predicted octanol–water partition coefficient (Wildman–Crippen LogP) is 3.81. The van der Waals surface area contributed by atoms with Crippen molar-refractivity contribution >= 4 is 5.69 Å². The maximum atomic E-state index is 5.85. The Kier molecular flexibility index (Phi) is 2.99. The highest BCUT2D eigenvalue weighted by Crippen LogP contribution is 2.40. The summed E-state index contributed by atoms with van der Waals surface area (Å²) in [6.07, 6.45) is 4.07. The van der Waals surface area contributed by atoms with Crippen molar-refractivity contribution < 1.29 is 0 Å². The van der Waals surface area contributed by atoms with Gasteiger partial charge in [-0.2, -0.15) is 0 Å². The Labute approximate surface area is 92.7 Å². The standard InChI is InChI=1S/C14H21N/c1-10-6-7-11(2)14(8-10)12-4-3-5-13(15)9-12/h3-5,9-11,14H,6-8,15H2,1-2H3/t10-,11+,14-/m1/s1. The predicted molar refractivity (Wildman–Crippen MR) is 65.8 cm³/mol. The van der Waals surface area contributed by atoms with E-state index in [2.05, 4.69) is 32.0 Å². The zero-order valence-corrected chi connectivity index (χ0v) is 9.74. The second-order valence-corrected chi connectivity index (χ2v) is 5.17. The molecule has 0 bridgehead atoms. The van der Waals surface area contributed by atoms with Crippen molar-refractivity contribution in [3.63, 3.8) is 0 Å². The lowest BCUT2D eigenvalue weighted by atomic mass is 9.72. The smallest absolute Gasteiger partial charge is 0.0316 e. The number of anilines is 1. The Bertz CT molecular complexity index is 332. The molecule has 0 aliphatic heterocycles. The van der Waals surface area contributed by atoms with Gasteiger partial charge in [0.25, 0.3) is 0 Å². The molecule has 2 rings (SSSR count). The average Bonchev–Trinajstić information content (AvgIpc) is 2.22. The zero-order valence-electron chi connectivity index (χ0n) is 9.74. The molecule has 3 atom stereocenters. The summed E-state index contributed by atoms with van der Waals surface area (Å²) in [6.45, 7) is 4.74. The van der Waals surface area contributed by atoms with Gasteiger partial charge in [-0.3, -0.25) is 0 Å². The van der Waals surface area contributed by atoms with Crippen LogP contribution in [0.2, 0.25) is 0 Å². The SMILES string of the molecule is C[C@@H]1CC[C@H](C)[C@H](c2cccc(N)c2)C1. The van der Waals surface area contributed by atoms with Crippen molar-refractivity contribution in [1.29, 1.82) is 0 Å². The Morgan fingerprint density at radius 2 is 2.00 bits per heavy atom. The average molecular weight is 203 g/mol. The molecule has 15 heavy (non-hydrogen) atoms. The van der Waals surface area contributed by atoms with Gasteiger partial charge in [-0.25, -0.2) is 0 Å². The molecule has 1 aliphatic carbocycles. The van der Waals surface area contributed by atoms with Crippen LogP contribution < -0.4 is 5.73 Å². The van der Waals surface area contributed by atoms with E-state index in [0.29, 0.717) is 0 Å². The highest BCUT2D eigenvalue weighted by molar-refractivity contribution is 5.42. The summed E-state index contributed by atoms with van der Waals surface area (Å²) >= 11 is 0. The molecule has 0 radical (unpaired) electrons. The molecule has 1 aromatic carbocycles. The number of rotatable bonds is 1. The van der Waals surface area contributed by atoms with Gasteiger partial charge in [0, 0.05) is 5.69 Å². The lowest BCUT2D eigenvalue weighted by Gasteiger charge is -2.33. The molecule has 1 heteroatoms. The Morgan fingerprint density at radius 3 is 2.73 bits per heavy atom. The van der Waals surface area contributed by atoms with Crippen LogP contribution in [0.4, 0.5) is 5.69 Å². The molecule has 1 nitrogen and oxygen atoms in total. The summed E-state index contributed by atoms with van der Waals surface area (Å²) in [5.41, 5.74) is 8.19. The molecular weight excluding hydrogens is 182 g/mol. The van der Waals surface area contributed by atoms with E-state index in [1.165, 1.54) is 24.8 Å². The molecule has 0 heterocycles. The minimum Gasteiger partial charge on any atom is -0.399 e. The van der Waals surface area contributed by atoms with Crippen molar-refractivity contribution in [2.45, 2.75) is 39.0 Å². The number of nitrogen functional groups attached to an aromatic ring is 1. The summed E-state index contributed by atoms with van der Waals surface area (Å²) in [6, 6.07) is 8.44. The first kappa shape index (κ1) is 10.5. The first-order chi connectivity index (χ1) is 7.16. The molecule has 0 aromatic heterocycles. The van der Waals surface area contributed by atoms with Crippen LogP contribution in [0.15, 0.2) is 24.3 Å². The fourth-order valence-corrected chi connectivity index (χ4v) is 2.79. The van der Waals surface area contributed by atoms with Gasteiger partial charge in [0.1, 0.15) is 0 Å². The Balaban J connectivity index is 2.21. The third-order valence-corrected chi connectivity index (χ3v) is 3.80. The van der Waals surface area contributed by atoms with Crippen LogP contribution in [0.3, 0.4) is 0 Å². The summed E-state index contributed by atoms with van der Waals surface area (Å²) in [5.74, 6) is 2.40. The molecule has 1 saturated carbocycles. The number of benzene rings is 1. The van der Waals surface area contributed by atoms with E-state index in [4.69, 9.17) is 5.73 Å². The third kappa shape index (κ3) is 2.34. The van der Waals surface area contributed by atoms with Crippen molar-refractivity contribution in [2.75, 3.05) is 5.73 Å². The molecule has 1 aliphatic rings. The highest BCUT2D eigenvalue weighted by Gasteiger charge is 2.26. The second-order valence-electron chi connectivity index (χ2n) is 5.17. The van der Waals surface area contributed by atoms with Crippen LogP contribution in [0.25, 0.3) is 0 Å². The monoisotopic (exact) mass is 203 g/mol. The quantitative estimate of drug-likeness (QED) is 0.690. The van der Waals surface area contributed by atoms with Crippen LogP contribution in [0, 0.1) is 11.8 Å². The van der Waals surface area contributed by atoms with Gasteiger partial charge < -0.3 is 5.73 Å². The van der Waals surface area contributed by atoms with Crippen LogP contribution >= 0.6 is 0 Å². The highest BCUT2D eigenvalue weighted by atomic mass is 14.5. The summed E-state index contributed by atoms with van der Waals surface area (Å²) in [7, 11) is 0. The lowest BCUT2D eigenvalue weighted by Crippen LogP contribution is -2.19. The number of nitrogens with two attached hydrogens (primary N) is 1. The first-order valence-corrected chi connectivity index (χ1v) is 6.02. The van der Waals surface area contributed by atoms with Gasteiger partial charge in [0.15, 0.2) is 0 Å². The van der Waals surface area contributed by atoms with Crippen molar-refractivity contribution in [3.05, 3.63) is 29.8 Å². The molecule has 0 unspecified atom stereocenters. The molecule has 2 N–H and O–H groups in total. The fraction of sp³-hybridized carbons (Fsp3) is 0.571. The normalized spacial score (nSPS) is 31.5. The van der Waals surface area contributed by atoms with Gasteiger partial charge in [0.2, 0.25) is 0 Å². The topological polar surface area (TPSA) is 26.0 Å². The molecule has 1 aromatic rings. The van der Waals surface area contributed by atoms with E-state index in [-0.39, 0.29) is 0 Å². The van der Waals surface area contributed by atoms with Crippen molar-refractivity contribution in [2.24, 2.45) is 11.8 Å². The van der Waals surface area contributed by atoms with E-state index in [1.54, 1.807) is 0 Å². The molecule has 82 valence electrons. The van der Waals surface area contributed by atoms with Gasteiger partial charge in [-0.15, -0.1) is 0 Å². The molecule has 1 fully saturated rings. The fourth-order valence-electron chi connectivity index (χ4n) is 2.79. The number of hydrogen-bond acceptors (Lipinski definition) is 1. The summed E-state index contributed by atoms with van der Waals surface area (Å²) < 4.78 is 0. The van der Waals surface area contributed by atoms with E-state index < -0.39 is 0 Å². The van der Waals surface area contributed by atoms with Crippen LogP contribution in [-0.2, 0) is 0 Å². The Hall–Kier alpha value is -0.980. The summed E-state index contributed by atoms with van der Waals surface area (Å²) in [5, 5.41) is 0. The van der Waals surface area contributed by atoms with Gasteiger partial charge in [-0.1, -0.05) is 32.4 Å². The third-order valence-electron chi connectivity index (χ3n) is 3.80. The minimum atomic E-state index is 0.720. The largest absolute Gasteiger partial charge is 0.399 e. The second kappa shape index (κ2) is 4.26. The number of hydrogen-bond donors (Lipinski definition) is 1. The van der Waals surface area contributed by atoms with Gasteiger partial charge >= 0.3 is 0 Å². The van der Waals surface area contributed by atoms with Gasteiger partial charge in [0.05, 0.1) is 0 Å². The van der Waals surface area contributed by atoms with Crippen LogP contribution in [0.5, 0.6) is 0 Å². The van der Waals surface area contributed by atoms with E-state index >= 15 is 0 Å². The van der Waals surface area contributed by atoms with E-state index in [9.17, 15) is 0 Å². The van der Waals surface area contributed by atoms with Gasteiger partial charge in [-0.05, 0) is 48.3 Å². The molecule has 0 spiro atoms. The lowest BCUT2D eigenvalue weighted by molar-refractivity contribution is 0.265. The Morgan fingerprint density at radius 1 is 1.20 bits per heavy atom. The molecule has 0 amide bonds. The van der Waals surface area contributed by atoms with Crippen LogP contribution in [-0.4, -0.2) is 0 Å².